The third-order valence-electron chi connectivity index (χ3n) is 3.11. The maximum Gasteiger partial charge on any atom is 0.273 e. The van der Waals surface area contributed by atoms with Gasteiger partial charge in [-0.15, -0.1) is 0 Å². The first-order valence-corrected chi connectivity index (χ1v) is 7.58. The minimum Gasteiger partial charge on any atom is -0.343 e. The standard InChI is InChI=1S/C15H17BrN4O2/c1-4-20-13(15(22)19(2)3)12(9-17-20)18-14(21)10-7-5-6-8-11(10)16/h5-9H,4H2,1-3H3,(H,18,21). The number of nitrogens with one attached hydrogen (secondary N) is 1. The minimum absolute atomic E-state index is 0.207. The molecule has 2 aromatic rings. The van der Waals surface area contributed by atoms with E-state index < -0.39 is 0 Å². The normalized spacial score (nSPS) is 10.4. The van der Waals surface area contributed by atoms with Crippen molar-refractivity contribution in [2.45, 2.75) is 13.5 Å². The molecule has 0 spiro atoms. The zero-order chi connectivity index (χ0) is 16.3. The Morgan fingerprint density at radius 3 is 2.59 bits per heavy atom. The molecule has 0 aliphatic rings. The van der Waals surface area contributed by atoms with Gasteiger partial charge < -0.3 is 10.2 Å². The Hall–Kier alpha value is -2.15. The fraction of sp³-hybridized carbons (Fsp3) is 0.267. The highest BCUT2D eigenvalue weighted by Gasteiger charge is 2.21. The van der Waals surface area contributed by atoms with Gasteiger partial charge in [-0.3, -0.25) is 14.3 Å². The molecule has 2 rings (SSSR count). The number of amides is 2. The predicted octanol–water partition coefficient (Wildman–Crippen LogP) is 2.62. The first kappa shape index (κ1) is 16.2. The number of anilines is 1. The fourth-order valence-electron chi connectivity index (χ4n) is 1.99. The highest BCUT2D eigenvalue weighted by Crippen LogP contribution is 2.21. The van der Waals surface area contributed by atoms with Crippen molar-refractivity contribution < 1.29 is 9.59 Å². The van der Waals surface area contributed by atoms with E-state index in [4.69, 9.17) is 0 Å². The summed E-state index contributed by atoms with van der Waals surface area (Å²) in [7, 11) is 3.32. The molecule has 2 amide bonds. The smallest absolute Gasteiger partial charge is 0.273 e. The lowest BCUT2D eigenvalue weighted by molar-refractivity contribution is 0.0816. The highest BCUT2D eigenvalue weighted by molar-refractivity contribution is 9.10. The molecular weight excluding hydrogens is 348 g/mol. The van der Waals surface area contributed by atoms with E-state index in [-0.39, 0.29) is 11.8 Å². The average molecular weight is 365 g/mol. The van der Waals surface area contributed by atoms with Crippen LogP contribution in [0.15, 0.2) is 34.9 Å². The van der Waals surface area contributed by atoms with Gasteiger partial charge in [0.05, 0.1) is 17.4 Å². The number of rotatable bonds is 4. The van der Waals surface area contributed by atoms with Crippen LogP contribution in [0.1, 0.15) is 27.8 Å². The van der Waals surface area contributed by atoms with Crippen LogP contribution in [0.2, 0.25) is 0 Å². The van der Waals surface area contributed by atoms with Gasteiger partial charge in [-0.25, -0.2) is 0 Å². The Kier molecular flexibility index (Phi) is 4.97. The van der Waals surface area contributed by atoms with Gasteiger partial charge in [0.1, 0.15) is 5.69 Å². The second-order valence-corrected chi connectivity index (χ2v) is 5.71. The van der Waals surface area contributed by atoms with Crippen molar-refractivity contribution in [2.24, 2.45) is 0 Å². The van der Waals surface area contributed by atoms with Crippen LogP contribution < -0.4 is 5.32 Å². The Balaban J connectivity index is 2.34. The van der Waals surface area contributed by atoms with Crippen molar-refractivity contribution in [1.82, 2.24) is 14.7 Å². The number of hydrogen-bond donors (Lipinski definition) is 1. The summed E-state index contributed by atoms with van der Waals surface area (Å²) in [5, 5.41) is 6.91. The van der Waals surface area contributed by atoms with E-state index >= 15 is 0 Å². The molecule has 0 aliphatic heterocycles. The molecule has 0 aliphatic carbocycles. The summed E-state index contributed by atoms with van der Waals surface area (Å²) >= 11 is 3.34. The molecule has 0 unspecified atom stereocenters. The van der Waals surface area contributed by atoms with Gasteiger partial charge in [0.25, 0.3) is 11.8 Å². The number of carbonyl (C=O) groups is 2. The number of aromatic nitrogens is 2. The molecule has 0 saturated carbocycles. The molecule has 0 bridgehead atoms. The van der Waals surface area contributed by atoms with Gasteiger partial charge >= 0.3 is 0 Å². The van der Waals surface area contributed by atoms with Crippen LogP contribution >= 0.6 is 15.9 Å². The second kappa shape index (κ2) is 6.74. The van der Waals surface area contributed by atoms with Crippen molar-refractivity contribution in [1.29, 1.82) is 0 Å². The van der Waals surface area contributed by atoms with Crippen LogP contribution in [0, 0.1) is 0 Å². The van der Waals surface area contributed by atoms with Gasteiger partial charge in [0.15, 0.2) is 0 Å². The molecule has 0 radical (unpaired) electrons. The molecule has 1 N–H and O–H groups in total. The zero-order valence-electron chi connectivity index (χ0n) is 12.6. The third-order valence-corrected chi connectivity index (χ3v) is 3.81. The quantitative estimate of drug-likeness (QED) is 0.906. The molecule has 6 nitrogen and oxygen atoms in total. The van der Waals surface area contributed by atoms with Crippen molar-refractivity contribution in [2.75, 3.05) is 19.4 Å². The Bertz CT molecular complexity index is 709. The molecule has 22 heavy (non-hydrogen) atoms. The summed E-state index contributed by atoms with van der Waals surface area (Å²) in [5.74, 6) is -0.502. The molecule has 1 aromatic carbocycles. The largest absolute Gasteiger partial charge is 0.343 e. The molecule has 7 heteroatoms. The summed E-state index contributed by atoms with van der Waals surface area (Å²) in [6.07, 6.45) is 1.50. The minimum atomic E-state index is -0.295. The van der Waals surface area contributed by atoms with Gasteiger partial charge in [-0.05, 0) is 35.0 Å². The van der Waals surface area contributed by atoms with Crippen LogP contribution in [0.4, 0.5) is 5.69 Å². The summed E-state index contributed by atoms with van der Waals surface area (Å²) in [4.78, 5) is 26.1. The van der Waals surface area contributed by atoms with E-state index in [1.807, 2.05) is 13.0 Å². The van der Waals surface area contributed by atoms with Gasteiger partial charge in [-0.1, -0.05) is 12.1 Å². The third kappa shape index (κ3) is 3.19. The van der Waals surface area contributed by atoms with Gasteiger partial charge in [0, 0.05) is 25.1 Å². The van der Waals surface area contributed by atoms with Gasteiger partial charge in [-0.2, -0.15) is 5.10 Å². The summed E-state index contributed by atoms with van der Waals surface area (Å²) in [5.41, 5.74) is 1.27. The lowest BCUT2D eigenvalue weighted by Crippen LogP contribution is -2.26. The van der Waals surface area contributed by atoms with E-state index in [0.717, 1.165) is 0 Å². The number of hydrogen-bond acceptors (Lipinski definition) is 3. The van der Waals surface area contributed by atoms with Crippen molar-refractivity contribution in [3.05, 3.63) is 46.2 Å². The van der Waals surface area contributed by atoms with E-state index in [1.165, 1.54) is 11.1 Å². The SMILES string of the molecule is CCn1ncc(NC(=O)c2ccccc2Br)c1C(=O)N(C)C. The molecule has 1 heterocycles. The lowest BCUT2D eigenvalue weighted by atomic mass is 10.2. The van der Waals surface area contributed by atoms with Crippen LogP contribution in [0.25, 0.3) is 0 Å². The van der Waals surface area contributed by atoms with Crippen molar-refractivity contribution >= 4 is 33.4 Å². The maximum atomic E-state index is 12.4. The summed E-state index contributed by atoms with van der Waals surface area (Å²) < 4.78 is 2.26. The van der Waals surface area contributed by atoms with Crippen LogP contribution in [-0.4, -0.2) is 40.6 Å². The van der Waals surface area contributed by atoms with E-state index in [1.54, 1.807) is 37.0 Å². The first-order valence-electron chi connectivity index (χ1n) is 6.79. The Labute approximate surface area is 137 Å². The number of halogens is 1. The fourth-order valence-corrected chi connectivity index (χ4v) is 2.45. The molecule has 116 valence electrons. The zero-order valence-corrected chi connectivity index (χ0v) is 14.2. The lowest BCUT2D eigenvalue weighted by Gasteiger charge is -2.13. The van der Waals surface area contributed by atoms with Crippen molar-refractivity contribution in [3.63, 3.8) is 0 Å². The Morgan fingerprint density at radius 1 is 1.32 bits per heavy atom. The van der Waals surface area contributed by atoms with E-state index in [9.17, 15) is 9.59 Å². The van der Waals surface area contributed by atoms with Crippen LogP contribution in [-0.2, 0) is 6.54 Å². The molecule has 0 saturated heterocycles. The number of benzene rings is 1. The highest BCUT2D eigenvalue weighted by atomic mass is 79.9. The topological polar surface area (TPSA) is 67.2 Å². The van der Waals surface area contributed by atoms with Crippen molar-refractivity contribution in [3.8, 4) is 0 Å². The van der Waals surface area contributed by atoms with E-state index in [0.29, 0.717) is 28.0 Å². The number of aryl methyl sites for hydroxylation is 1. The monoisotopic (exact) mass is 364 g/mol. The van der Waals surface area contributed by atoms with Crippen LogP contribution in [0.5, 0.6) is 0 Å². The molecule has 0 fully saturated rings. The van der Waals surface area contributed by atoms with Crippen LogP contribution in [0.3, 0.4) is 0 Å². The van der Waals surface area contributed by atoms with Gasteiger partial charge in [0.2, 0.25) is 0 Å². The predicted molar refractivity (Wildman–Crippen MR) is 88.0 cm³/mol. The molecular formula is C15H17BrN4O2. The Morgan fingerprint density at radius 2 is 2.00 bits per heavy atom. The maximum absolute atomic E-state index is 12.4. The summed E-state index contributed by atoms with van der Waals surface area (Å²) in [6.45, 7) is 2.43. The average Bonchev–Trinajstić information content (AvgIpc) is 2.89. The summed E-state index contributed by atoms with van der Waals surface area (Å²) in [6, 6.07) is 7.10. The number of nitrogens with zero attached hydrogens (tertiary/aromatic N) is 3. The molecule has 1 aromatic heterocycles. The number of carbonyl (C=O) groups excluding carboxylic acids is 2. The first-order chi connectivity index (χ1) is 10.5. The molecule has 0 atom stereocenters. The van der Waals surface area contributed by atoms with E-state index in [2.05, 4.69) is 26.3 Å². The second-order valence-electron chi connectivity index (χ2n) is 4.86.